The molecule has 1 aliphatic heterocycles. The molecule has 0 spiro atoms. The van der Waals surface area contributed by atoms with Gasteiger partial charge in [0.05, 0.1) is 0 Å². The Morgan fingerprint density at radius 1 is 1.13 bits per heavy atom. The Bertz CT molecular complexity index is 721. The number of hydrogen-bond acceptors (Lipinski definition) is 5. The van der Waals surface area contributed by atoms with Crippen molar-refractivity contribution in [2.75, 3.05) is 18.0 Å². The first-order valence-electron chi connectivity index (χ1n) is 7.38. The lowest BCUT2D eigenvalue weighted by molar-refractivity contribution is 0.189. The fourth-order valence-electron chi connectivity index (χ4n) is 3.09. The van der Waals surface area contributed by atoms with Crippen LogP contribution >= 0.6 is 12.4 Å². The minimum atomic E-state index is -0.0732. The zero-order valence-corrected chi connectivity index (χ0v) is 13.8. The summed E-state index contributed by atoms with van der Waals surface area (Å²) in [6, 6.07) is 8.99. The highest BCUT2D eigenvalue weighted by atomic mass is 35.5. The van der Waals surface area contributed by atoms with Crippen LogP contribution in [0.5, 0.6) is 11.5 Å². The molecule has 23 heavy (non-hydrogen) atoms. The van der Waals surface area contributed by atoms with Crippen molar-refractivity contribution in [1.29, 1.82) is 0 Å². The van der Waals surface area contributed by atoms with Crippen molar-refractivity contribution < 1.29 is 10.2 Å². The molecule has 1 heterocycles. The second-order valence-corrected chi connectivity index (χ2v) is 5.89. The van der Waals surface area contributed by atoms with Crippen molar-refractivity contribution in [2.45, 2.75) is 25.9 Å². The Morgan fingerprint density at radius 2 is 1.83 bits per heavy atom. The van der Waals surface area contributed by atoms with E-state index in [1.807, 2.05) is 12.1 Å². The molecule has 124 valence electrons. The monoisotopic (exact) mass is 335 g/mol. The van der Waals surface area contributed by atoms with Crippen LogP contribution in [0.4, 0.5) is 11.4 Å². The molecule has 0 saturated carbocycles. The summed E-state index contributed by atoms with van der Waals surface area (Å²) in [5, 5.41) is 19.4. The second kappa shape index (κ2) is 6.56. The maximum absolute atomic E-state index is 9.74. The molecule has 0 bridgehead atoms. The summed E-state index contributed by atoms with van der Waals surface area (Å²) in [5.41, 5.74) is 16.5. The van der Waals surface area contributed by atoms with E-state index in [-0.39, 0.29) is 29.9 Å². The Kier molecular flexibility index (Phi) is 4.92. The average Bonchev–Trinajstić information content (AvgIpc) is 2.48. The van der Waals surface area contributed by atoms with Crippen molar-refractivity contribution in [3.63, 3.8) is 0 Å². The Labute approximate surface area is 141 Å². The molecule has 2 aromatic rings. The molecule has 1 aliphatic rings. The van der Waals surface area contributed by atoms with Gasteiger partial charge in [-0.2, -0.15) is 0 Å². The highest BCUT2D eigenvalue weighted by molar-refractivity contribution is 5.85. The van der Waals surface area contributed by atoms with Gasteiger partial charge in [0.15, 0.2) is 11.5 Å². The van der Waals surface area contributed by atoms with Crippen LogP contribution in [0.2, 0.25) is 0 Å². The fraction of sp³-hybridized carbons (Fsp3) is 0.294. The molecule has 6 N–H and O–H groups in total. The molecule has 0 amide bonds. The van der Waals surface area contributed by atoms with Gasteiger partial charge in [0.25, 0.3) is 0 Å². The average molecular weight is 336 g/mol. The first kappa shape index (κ1) is 17.2. The number of halogens is 1. The van der Waals surface area contributed by atoms with Crippen LogP contribution in [0, 0.1) is 0 Å². The highest BCUT2D eigenvalue weighted by Crippen LogP contribution is 2.37. The largest absolute Gasteiger partial charge is 0.504 e. The zero-order chi connectivity index (χ0) is 15.9. The van der Waals surface area contributed by atoms with Gasteiger partial charge in [-0.25, -0.2) is 0 Å². The maximum Gasteiger partial charge on any atom is 0.157 e. The van der Waals surface area contributed by atoms with E-state index in [0.29, 0.717) is 12.2 Å². The summed E-state index contributed by atoms with van der Waals surface area (Å²) in [7, 11) is 0. The first-order valence-corrected chi connectivity index (χ1v) is 7.38. The predicted octanol–water partition coefficient (Wildman–Crippen LogP) is 2.80. The van der Waals surface area contributed by atoms with Crippen molar-refractivity contribution in [3.05, 3.63) is 47.0 Å². The predicted molar refractivity (Wildman–Crippen MR) is 94.8 cm³/mol. The summed E-state index contributed by atoms with van der Waals surface area (Å²) in [4.78, 5) is 2.30. The lowest BCUT2D eigenvalue weighted by Crippen LogP contribution is -2.33. The number of hydrogen-bond donors (Lipinski definition) is 4. The summed E-state index contributed by atoms with van der Waals surface area (Å²) >= 11 is 0. The molecule has 0 saturated heterocycles. The topological polar surface area (TPSA) is 95.7 Å². The Morgan fingerprint density at radius 3 is 2.57 bits per heavy atom. The normalized spacial score (nSPS) is 17.3. The van der Waals surface area contributed by atoms with E-state index in [1.54, 1.807) is 18.2 Å². The number of phenolic OH excluding ortho intramolecular Hbond substituents is 2. The number of aromatic hydroxyl groups is 2. The number of nitrogen functional groups attached to an aromatic ring is 2. The minimum Gasteiger partial charge on any atom is -0.504 e. The van der Waals surface area contributed by atoms with Gasteiger partial charge in [-0.1, -0.05) is 0 Å². The molecule has 5 nitrogen and oxygen atoms in total. The number of nitrogens with zero attached hydrogens (tertiary/aromatic N) is 1. The first-order chi connectivity index (χ1) is 10.5. The SMILES string of the molecule is CC1c2cc(O)c(O)cc2CCN1Cc1cc(N)ccc1N.Cl. The lowest BCUT2D eigenvalue weighted by atomic mass is 9.92. The summed E-state index contributed by atoms with van der Waals surface area (Å²) in [5.74, 6) is -0.129. The summed E-state index contributed by atoms with van der Waals surface area (Å²) in [6.45, 7) is 3.67. The van der Waals surface area contributed by atoms with Crippen molar-refractivity contribution in [2.24, 2.45) is 0 Å². The van der Waals surface area contributed by atoms with E-state index in [2.05, 4.69) is 11.8 Å². The fourth-order valence-corrected chi connectivity index (χ4v) is 3.09. The summed E-state index contributed by atoms with van der Waals surface area (Å²) < 4.78 is 0. The van der Waals surface area contributed by atoms with Gasteiger partial charge >= 0.3 is 0 Å². The van der Waals surface area contributed by atoms with Gasteiger partial charge in [0.2, 0.25) is 0 Å². The van der Waals surface area contributed by atoms with E-state index >= 15 is 0 Å². The molecule has 6 heteroatoms. The van der Waals surface area contributed by atoms with Gasteiger partial charge in [-0.05, 0) is 60.4 Å². The van der Waals surface area contributed by atoms with Gasteiger partial charge in [-0.3, -0.25) is 4.90 Å². The molecule has 0 aromatic heterocycles. The van der Waals surface area contributed by atoms with E-state index in [0.717, 1.165) is 35.3 Å². The molecule has 1 unspecified atom stereocenters. The van der Waals surface area contributed by atoms with Gasteiger partial charge in [0, 0.05) is 30.5 Å². The second-order valence-electron chi connectivity index (χ2n) is 5.89. The zero-order valence-electron chi connectivity index (χ0n) is 13.0. The quantitative estimate of drug-likeness (QED) is 0.500. The molecule has 3 rings (SSSR count). The maximum atomic E-state index is 9.74. The van der Waals surface area contributed by atoms with Crippen molar-refractivity contribution in [3.8, 4) is 11.5 Å². The lowest BCUT2D eigenvalue weighted by Gasteiger charge is -2.35. The number of nitrogens with two attached hydrogens (primary N) is 2. The molecule has 0 fully saturated rings. The molecular weight excluding hydrogens is 314 g/mol. The Hall–Kier alpha value is -2.11. The van der Waals surface area contributed by atoms with Crippen LogP contribution in [0.15, 0.2) is 30.3 Å². The van der Waals surface area contributed by atoms with Crippen LogP contribution in [-0.4, -0.2) is 21.7 Å². The van der Waals surface area contributed by atoms with E-state index in [1.165, 1.54) is 0 Å². The van der Waals surface area contributed by atoms with Crippen molar-refractivity contribution in [1.82, 2.24) is 4.90 Å². The highest BCUT2D eigenvalue weighted by Gasteiger charge is 2.25. The number of phenols is 2. The summed E-state index contributed by atoms with van der Waals surface area (Å²) in [6.07, 6.45) is 0.829. The van der Waals surface area contributed by atoms with Gasteiger partial charge in [0.1, 0.15) is 0 Å². The molecular formula is C17H22ClN3O2. The molecule has 2 aromatic carbocycles. The van der Waals surface area contributed by atoms with E-state index < -0.39 is 0 Å². The van der Waals surface area contributed by atoms with Crippen LogP contribution in [0.1, 0.15) is 29.7 Å². The van der Waals surface area contributed by atoms with E-state index in [9.17, 15) is 10.2 Å². The number of rotatable bonds is 2. The van der Waals surface area contributed by atoms with Crippen LogP contribution in [-0.2, 0) is 13.0 Å². The van der Waals surface area contributed by atoms with Gasteiger partial charge < -0.3 is 21.7 Å². The number of anilines is 2. The van der Waals surface area contributed by atoms with E-state index in [4.69, 9.17) is 11.5 Å². The number of fused-ring (bicyclic) bond motifs is 1. The third-order valence-electron chi connectivity index (χ3n) is 4.44. The number of benzene rings is 2. The smallest absolute Gasteiger partial charge is 0.157 e. The van der Waals surface area contributed by atoms with Crippen molar-refractivity contribution >= 4 is 23.8 Å². The van der Waals surface area contributed by atoms with Crippen LogP contribution < -0.4 is 11.5 Å². The van der Waals surface area contributed by atoms with Crippen LogP contribution in [0.25, 0.3) is 0 Å². The third-order valence-corrected chi connectivity index (χ3v) is 4.44. The van der Waals surface area contributed by atoms with Crippen LogP contribution in [0.3, 0.4) is 0 Å². The molecule has 0 aliphatic carbocycles. The van der Waals surface area contributed by atoms with Gasteiger partial charge in [-0.15, -0.1) is 12.4 Å². The Balaban J connectivity index is 0.00000192. The third kappa shape index (κ3) is 3.30. The minimum absolute atomic E-state index is 0. The molecule has 0 radical (unpaired) electrons. The standard InChI is InChI=1S/C17H21N3O2.ClH/c1-10-14-8-17(22)16(21)7-11(14)4-5-20(10)9-12-6-13(18)2-3-15(12)19;/h2-3,6-8,10,21-22H,4-5,9,18-19H2,1H3;1H. The molecule has 1 atom stereocenters.